The van der Waals surface area contributed by atoms with E-state index < -0.39 is 0 Å². The second-order valence-corrected chi connectivity index (χ2v) is 3.46. The summed E-state index contributed by atoms with van der Waals surface area (Å²) in [6.07, 6.45) is 1.72. The molecule has 0 fully saturated rings. The van der Waals surface area contributed by atoms with Crippen molar-refractivity contribution in [1.29, 1.82) is 0 Å². The highest BCUT2D eigenvalue weighted by atomic mass is 32.1. The van der Waals surface area contributed by atoms with Crippen LogP contribution in [0.2, 0.25) is 0 Å². The summed E-state index contributed by atoms with van der Waals surface area (Å²) >= 11 is 1.47. The molecule has 0 aliphatic heterocycles. The maximum absolute atomic E-state index is 3.99. The van der Waals surface area contributed by atoms with Crippen LogP contribution in [0.1, 0.15) is 12.7 Å². The van der Waals surface area contributed by atoms with Crippen LogP contribution in [-0.2, 0) is 13.1 Å². The third-order valence-corrected chi connectivity index (χ3v) is 2.44. The molecule has 0 spiro atoms. The lowest BCUT2D eigenvalue weighted by Gasteiger charge is -2.02. The normalized spacial score (nSPS) is 10.4. The summed E-state index contributed by atoms with van der Waals surface area (Å²) in [5, 5.41) is 19.4. The Labute approximate surface area is 85.0 Å². The fourth-order valence-electron chi connectivity index (χ4n) is 1.08. The molecule has 6 nitrogen and oxygen atoms in total. The molecule has 0 saturated carbocycles. The maximum atomic E-state index is 3.99. The first kappa shape index (κ1) is 9.07. The summed E-state index contributed by atoms with van der Waals surface area (Å²) in [5.41, 5.74) is 1.69. The van der Waals surface area contributed by atoms with Crippen LogP contribution < -0.4 is 5.32 Å². The summed E-state index contributed by atoms with van der Waals surface area (Å²) < 4.78 is 1.98. The van der Waals surface area contributed by atoms with Crippen molar-refractivity contribution in [2.45, 2.75) is 20.0 Å². The van der Waals surface area contributed by atoms with Crippen molar-refractivity contribution in [2.24, 2.45) is 0 Å². The van der Waals surface area contributed by atoms with E-state index in [9.17, 15) is 0 Å². The fourth-order valence-corrected chi connectivity index (χ4v) is 1.53. The standard InChI is InChI=1S/C7H10N6S/c1-2-13-4-9-11-6(13)3-8-7-12-10-5-14-7/h4-5H,2-3H2,1H3,(H,8,12). The van der Waals surface area contributed by atoms with Crippen molar-refractivity contribution >= 4 is 16.5 Å². The van der Waals surface area contributed by atoms with Gasteiger partial charge in [0.25, 0.3) is 0 Å². The molecule has 14 heavy (non-hydrogen) atoms. The van der Waals surface area contributed by atoms with Crippen LogP contribution in [-0.4, -0.2) is 25.0 Å². The molecule has 0 radical (unpaired) electrons. The Morgan fingerprint density at radius 3 is 3.07 bits per heavy atom. The van der Waals surface area contributed by atoms with Crippen molar-refractivity contribution < 1.29 is 0 Å². The van der Waals surface area contributed by atoms with E-state index in [1.807, 2.05) is 4.57 Å². The molecule has 1 N–H and O–H groups in total. The van der Waals surface area contributed by atoms with Crippen molar-refractivity contribution in [2.75, 3.05) is 5.32 Å². The summed E-state index contributed by atoms with van der Waals surface area (Å²) in [6.45, 7) is 3.56. The molecule has 0 amide bonds. The Bertz CT molecular complexity index is 381. The predicted octanol–water partition coefficient (Wildman–Crippen LogP) is 0.762. The largest absolute Gasteiger partial charge is 0.353 e. The van der Waals surface area contributed by atoms with Gasteiger partial charge < -0.3 is 9.88 Å². The van der Waals surface area contributed by atoms with Crippen molar-refractivity contribution in [3.8, 4) is 0 Å². The second kappa shape index (κ2) is 4.14. The zero-order valence-corrected chi connectivity index (χ0v) is 8.53. The van der Waals surface area contributed by atoms with Gasteiger partial charge in [-0.25, -0.2) is 0 Å². The van der Waals surface area contributed by atoms with Crippen molar-refractivity contribution in [1.82, 2.24) is 25.0 Å². The minimum absolute atomic E-state index is 0.628. The van der Waals surface area contributed by atoms with Crippen LogP contribution >= 0.6 is 11.3 Å². The molecule has 7 heteroatoms. The molecule has 0 aromatic carbocycles. The number of anilines is 1. The zero-order valence-electron chi connectivity index (χ0n) is 7.71. The van der Waals surface area contributed by atoms with E-state index in [0.29, 0.717) is 6.54 Å². The van der Waals surface area contributed by atoms with Gasteiger partial charge in [0.15, 0.2) is 5.82 Å². The number of aryl methyl sites for hydroxylation is 1. The quantitative estimate of drug-likeness (QED) is 0.807. The predicted molar refractivity (Wildman–Crippen MR) is 52.9 cm³/mol. The summed E-state index contributed by atoms with van der Waals surface area (Å²) in [7, 11) is 0. The molecule has 2 heterocycles. The van der Waals surface area contributed by atoms with Crippen LogP contribution in [0.3, 0.4) is 0 Å². The lowest BCUT2D eigenvalue weighted by Crippen LogP contribution is -2.07. The summed E-state index contributed by atoms with van der Waals surface area (Å²) in [6, 6.07) is 0. The first-order chi connectivity index (χ1) is 6.90. The van der Waals surface area contributed by atoms with Gasteiger partial charge in [-0.15, -0.1) is 20.4 Å². The van der Waals surface area contributed by atoms with Gasteiger partial charge in [0, 0.05) is 6.54 Å². The van der Waals surface area contributed by atoms with Gasteiger partial charge in [-0.1, -0.05) is 11.3 Å². The molecule has 2 aromatic rings. The average Bonchev–Trinajstić information content (AvgIpc) is 2.85. The Hall–Kier alpha value is -1.50. The first-order valence-corrected chi connectivity index (χ1v) is 5.15. The van der Waals surface area contributed by atoms with Crippen LogP contribution in [0, 0.1) is 0 Å². The smallest absolute Gasteiger partial charge is 0.205 e. The van der Waals surface area contributed by atoms with Crippen LogP contribution in [0.5, 0.6) is 0 Å². The number of nitrogens with one attached hydrogen (secondary N) is 1. The SMILES string of the molecule is CCn1cnnc1CNc1nncs1. The number of aromatic nitrogens is 5. The van der Waals surface area contributed by atoms with Gasteiger partial charge in [-0.3, -0.25) is 0 Å². The van der Waals surface area contributed by atoms with Crippen molar-refractivity contribution in [3.63, 3.8) is 0 Å². The molecule has 0 aliphatic rings. The molecule has 0 saturated heterocycles. The molecular formula is C7H10N6S. The Morgan fingerprint density at radius 2 is 2.36 bits per heavy atom. The van der Waals surface area contributed by atoms with Crippen LogP contribution in [0.15, 0.2) is 11.8 Å². The molecule has 2 aromatic heterocycles. The van der Waals surface area contributed by atoms with E-state index in [1.165, 1.54) is 11.3 Å². The number of hydrogen-bond donors (Lipinski definition) is 1. The van der Waals surface area contributed by atoms with E-state index >= 15 is 0 Å². The third kappa shape index (κ3) is 1.87. The Kier molecular flexibility index (Phi) is 2.68. The van der Waals surface area contributed by atoms with Crippen molar-refractivity contribution in [3.05, 3.63) is 17.7 Å². The number of rotatable bonds is 4. The molecule has 0 bridgehead atoms. The Morgan fingerprint density at radius 1 is 1.43 bits per heavy atom. The van der Waals surface area contributed by atoms with E-state index in [0.717, 1.165) is 17.5 Å². The molecular weight excluding hydrogens is 200 g/mol. The molecule has 74 valence electrons. The number of nitrogens with zero attached hydrogens (tertiary/aromatic N) is 5. The van der Waals surface area contributed by atoms with Crippen LogP contribution in [0.4, 0.5) is 5.13 Å². The van der Waals surface area contributed by atoms with Gasteiger partial charge in [0.05, 0.1) is 6.54 Å². The van der Waals surface area contributed by atoms with Gasteiger partial charge in [0.2, 0.25) is 5.13 Å². The molecule has 2 rings (SSSR count). The highest BCUT2D eigenvalue weighted by Crippen LogP contribution is 2.09. The number of hydrogen-bond acceptors (Lipinski definition) is 6. The summed E-state index contributed by atoms with van der Waals surface area (Å²) in [4.78, 5) is 0. The zero-order chi connectivity index (χ0) is 9.80. The van der Waals surface area contributed by atoms with E-state index in [1.54, 1.807) is 11.8 Å². The van der Waals surface area contributed by atoms with E-state index in [4.69, 9.17) is 0 Å². The minimum atomic E-state index is 0.628. The van der Waals surface area contributed by atoms with Crippen LogP contribution in [0.25, 0.3) is 0 Å². The fraction of sp³-hybridized carbons (Fsp3) is 0.429. The molecule has 0 aliphatic carbocycles. The van der Waals surface area contributed by atoms with Gasteiger partial charge in [0.1, 0.15) is 11.8 Å². The van der Waals surface area contributed by atoms with Gasteiger partial charge in [-0.05, 0) is 6.92 Å². The second-order valence-electron chi connectivity index (χ2n) is 2.63. The molecule has 0 unspecified atom stereocenters. The maximum Gasteiger partial charge on any atom is 0.205 e. The highest BCUT2D eigenvalue weighted by molar-refractivity contribution is 7.13. The third-order valence-electron chi connectivity index (χ3n) is 1.79. The summed E-state index contributed by atoms with van der Waals surface area (Å²) in [5.74, 6) is 0.905. The Balaban J connectivity index is 1.98. The topological polar surface area (TPSA) is 68.5 Å². The lowest BCUT2D eigenvalue weighted by atomic mass is 10.5. The van der Waals surface area contributed by atoms with E-state index in [-0.39, 0.29) is 0 Å². The minimum Gasteiger partial charge on any atom is -0.353 e. The highest BCUT2D eigenvalue weighted by Gasteiger charge is 2.02. The average molecular weight is 210 g/mol. The van der Waals surface area contributed by atoms with Gasteiger partial charge >= 0.3 is 0 Å². The first-order valence-electron chi connectivity index (χ1n) is 4.27. The monoisotopic (exact) mass is 210 g/mol. The van der Waals surface area contributed by atoms with Gasteiger partial charge in [-0.2, -0.15) is 0 Å². The molecule has 0 atom stereocenters. The van der Waals surface area contributed by atoms with E-state index in [2.05, 4.69) is 32.6 Å². The lowest BCUT2D eigenvalue weighted by molar-refractivity contribution is 0.707.